The number of carbonyl (C=O) groups is 3. The Balaban J connectivity index is 1.22. The third kappa shape index (κ3) is 19.4. The highest BCUT2D eigenvalue weighted by atomic mass is 16.2. The smallest absolute Gasteiger partial charge is 0.237 e. The lowest BCUT2D eigenvalue weighted by Crippen LogP contribution is -2.48. The highest BCUT2D eigenvalue weighted by Crippen LogP contribution is 2.20. The van der Waals surface area contributed by atoms with E-state index in [4.69, 9.17) is 5.73 Å². The number of nitrogens with zero attached hydrogens (tertiary/aromatic N) is 1. The Labute approximate surface area is 333 Å². The van der Waals surface area contributed by atoms with Crippen LogP contribution in [0.5, 0.6) is 0 Å². The molecule has 0 radical (unpaired) electrons. The van der Waals surface area contributed by atoms with E-state index in [-0.39, 0.29) is 29.8 Å². The fraction of sp³-hybridized carbons (Fsp3) is 0.667. The van der Waals surface area contributed by atoms with Crippen molar-refractivity contribution >= 4 is 17.7 Å². The standard InChI is InChI=1S/C45H75N7O3/c1-33(2)13-10-26-47-43(53)32-52-29-24-40(25-30-52)51-36(6)19-18-35(5)14-11-27-48-44(54)41(46)17-12-28-49-45(55)42(50-34(3)4)31-37-20-22-39(23-21-37)38-15-8-7-9-16-38/h7-9,15-16,20-23,33-36,40-42,50-51H,10-14,17-19,24-32,46H2,1-6H3,(H,47,53)(H,48,54)(H,49,55)/t35?,36?,41-,42-/m1/s1. The van der Waals surface area contributed by atoms with Gasteiger partial charge in [0.1, 0.15) is 0 Å². The van der Waals surface area contributed by atoms with Crippen LogP contribution in [0.2, 0.25) is 0 Å². The van der Waals surface area contributed by atoms with E-state index < -0.39 is 6.04 Å². The Hall–Kier alpha value is -3.31. The van der Waals surface area contributed by atoms with Crippen molar-refractivity contribution < 1.29 is 14.4 Å². The van der Waals surface area contributed by atoms with E-state index in [1.54, 1.807) is 0 Å². The maximum Gasteiger partial charge on any atom is 0.237 e. The number of hydrogen-bond acceptors (Lipinski definition) is 7. The summed E-state index contributed by atoms with van der Waals surface area (Å²) >= 11 is 0. The molecule has 0 aliphatic carbocycles. The van der Waals surface area contributed by atoms with Crippen molar-refractivity contribution in [2.45, 2.75) is 142 Å². The predicted molar refractivity (Wildman–Crippen MR) is 228 cm³/mol. The van der Waals surface area contributed by atoms with Crippen LogP contribution in [0, 0.1) is 11.8 Å². The van der Waals surface area contributed by atoms with Gasteiger partial charge in [-0.1, -0.05) is 89.2 Å². The van der Waals surface area contributed by atoms with E-state index in [1.165, 1.54) is 5.56 Å². The molecule has 0 bridgehead atoms. The Morgan fingerprint density at radius 2 is 1.31 bits per heavy atom. The summed E-state index contributed by atoms with van der Waals surface area (Å²) in [5.74, 6) is 1.26. The van der Waals surface area contributed by atoms with Crippen molar-refractivity contribution in [3.8, 4) is 11.1 Å². The summed E-state index contributed by atoms with van der Waals surface area (Å²) in [6.45, 7) is 17.4. The van der Waals surface area contributed by atoms with Gasteiger partial charge < -0.3 is 32.3 Å². The number of carbonyl (C=O) groups excluding carboxylic acids is 3. The van der Waals surface area contributed by atoms with Gasteiger partial charge in [-0.2, -0.15) is 0 Å². The van der Waals surface area contributed by atoms with Crippen molar-refractivity contribution in [2.24, 2.45) is 17.6 Å². The van der Waals surface area contributed by atoms with Crippen LogP contribution in [0.4, 0.5) is 0 Å². The van der Waals surface area contributed by atoms with Gasteiger partial charge in [0.2, 0.25) is 17.7 Å². The second-order valence-electron chi connectivity index (χ2n) is 16.8. The van der Waals surface area contributed by atoms with Crippen molar-refractivity contribution in [2.75, 3.05) is 39.3 Å². The van der Waals surface area contributed by atoms with Crippen LogP contribution in [0.15, 0.2) is 54.6 Å². The minimum atomic E-state index is -0.586. The van der Waals surface area contributed by atoms with Crippen LogP contribution in [0.3, 0.4) is 0 Å². The molecule has 4 atom stereocenters. The first-order chi connectivity index (χ1) is 26.4. The highest BCUT2D eigenvalue weighted by molar-refractivity contribution is 5.82. The second-order valence-corrected chi connectivity index (χ2v) is 16.8. The number of nitrogens with one attached hydrogen (secondary N) is 5. The molecule has 2 aromatic carbocycles. The van der Waals surface area contributed by atoms with Crippen molar-refractivity contribution in [1.82, 2.24) is 31.5 Å². The molecular formula is C45H75N7O3. The molecule has 308 valence electrons. The van der Waals surface area contributed by atoms with Crippen molar-refractivity contribution in [3.63, 3.8) is 0 Å². The molecule has 3 rings (SSSR count). The lowest BCUT2D eigenvalue weighted by Gasteiger charge is -2.33. The Morgan fingerprint density at radius 3 is 1.96 bits per heavy atom. The normalized spacial score (nSPS) is 16.1. The summed E-state index contributed by atoms with van der Waals surface area (Å²) in [5, 5.41) is 16.4. The SMILES string of the molecule is CC(C)CCCNC(=O)CN1CCC(NC(C)CCC(C)CCCNC(=O)[C@H](N)CCCNC(=O)[C@@H](Cc2ccc(-c3ccccc3)cc2)NC(C)C)CC1. The maximum absolute atomic E-state index is 13.1. The predicted octanol–water partition coefficient (Wildman–Crippen LogP) is 5.79. The molecule has 2 unspecified atom stereocenters. The highest BCUT2D eigenvalue weighted by Gasteiger charge is 2.23. The topological polar surface area (TPSA) is 141 Å². The van der Waals surface area contributed by atoms with E-state index >= 15 is 0 Å². The fourth-order valence-electron chi connectivity index (χ4n) is 7.33. The zero-order chi connectivity index (χ0) is 40.0. The first kappa shape index (κ1) is 46.1. The zero-order valence-corrected chi connectivity index (χ0v) is 35.0. The molecule has 10 nitrogen and oxygen atoms in total. The van der Waals surface area contributed by atoms with Crippen LogP contribution in [-0.4, -0.2) is 92.1 Å². The van der Waals surface area contributed by atoms with Crippen LogP contribution in [0.25, 0.3) is 11.1 Å². The van der Waals surface area contributed by atoms with Gasteiger partial charge >= 0.3 is 0 Å². The van der Waals surface area contributed by atoms with Crippen LogP contribution in [0.1, 0.15) is 111 Å². The van der Waals surface area contributed by atoms with E-state index in [0.717, 1.165) is 82.1 Å². The molecule has 2 aromatic rings. The number of likely N-dealkylation sites (tertiary alicyclic amines) is 1. The van der Waals surface area contributed by atoms with Crippen LogP contribution < -0.4 is 32.3 Å². The van der Waals surface area contributed by atoms with Crippen molar-refractivity contribution in [3.05, 3.63) is 60.2 Å². The van der Waals surface area contributed by atoms with Gasteiger partial charge in [-0.25, -0.2) is 0 Å². The summed E-state index contributed by atoms with van der Waals surface area (Å²) in [7, 11) is 0. The molecule has 1 fully saturated rings. The van der Waals surface area contributed by atoms with Gasteiger partial charge in [-0.15, -0.1) is 0 Å². The maximum atomic E-state index is 13.1. The monoisotopic (exact) mass is 762 g/mol. The van der Waals surface area contributed by atoms with Gasteiger partial charge in [0, 0.05) is 50.8 Å². The molecule has 10 heteroatoms. The van der Waals surface area contributed by atoms with Gasteiger partial charge in [0.25, 0.3) is 0 Å². The third-order valence-electron chi connectivity index (χ3n) is 10.7. The molecule has 0 spiro atoms. The van der Waals surface area contributed by atoms with Gasteiger partial charge in [-0.05, 0) is 106 Å². The Bertz CT molecular complexity index is 1360. The first-order valence-corrected chi connectivity index (χ1v) is 21.4. The van der Waals surface area contributed by atoms with E-state index in [1.807, 2.05) is 32.0 Å². The molecule has 0 aromatic heterocycles. The molecule has 3 amide bonds. The van der Waals surface area contributed by atoms with Crippen molar-refractivity contribution in [1.29, 1.82) is 0 Å². The van der Waals surface area contributed by atoms with Gasteiger partial charge in [0.05, 0.1) is 18.6 Å². The Kier molecular flexibility index (Phi) is 21.6. The molecule has 0 saturated carbocycles. The molecule has 1 aliphatic heterocycles. The first-order valence-electron chi connectivity index (χ1n) is 21.4. The average molecular weight is 762 g/mol. The number of nitrogens with two attached hydrogens (primary N) is 1. The average Bonchev–Trinajstić information content (AvgIpc) is 3.16. The van der Waals surface area contributed by atoms with E-state index in [0.29, 0.717) is 62.8 Å². The molecule has 1 aliphatic rings. The Morgan fingerprint density at radius 1 is 0.709 bits per heavy atom. The van der Waals surface area contributed by atoms with E-state index in [2.05, 4.69) is 95.6 Å². The summed E-state index contributed by atoms with van der Waals surface area (Å²) in [6.07, 6.45) is 10.4. The number of amides is 3. The van der Waals surface area contributed by atoms with Gasteiger partial charge in [0.15, 0.2) is 0 Å². The largest absolute Gasteiger partial charge is 0.355 e. The second kappa shape index (κ2) is 25.8. The van der Waals surface area contributed by atoms with Crippen LogP contribution in [-0.2, 0) is 20.8 Å². The minimum Gasteiger partial charge on any atom is -0.355 e. The van der Waals surface area contributed by atoms with Gasteiger partial charge in [-0.3, -0.25) is 19.3 Å². The van der Waals surface area contributed by atoms with E-state index in [9.17, 15) is 14.4 Å². The summed E-state index contributed by atoms with van der Waals surface area (Å²) in [6, 6.07) is 18.9. The molecule has 7 N–H and O–H groups in total. The summed E-state index contributed by atoms with van der Waals surface area (Å²) in [4.78, 5) is 40.4. The molecule has 55 heavy (non-hydrogen) atoms. The fourth-order valence-corrected chi connectivity index (χ4v) is 7.33. The minimum absolute atomic E-state index is 0.0379. The molecule has 1 heterocycles. The zero-order valence-electron chi connectivity index (χ0n) is 35.0. The number of hydrogen-bond donors (Lipinski definition) is 6. The summed E-state index contributed by atoms with van der Waals surface area (Å²) in [5.41, 5.74) is 9.64. The summed E-state index contributed by atoms with van der Waals surface area (Å²) < 4.78 is 0. The lowest BCUT2D eigenvalue weighted by molar-refractivity contribution is -0.123. The van der Waals surface area contributed by atoms with Crippen LogP contribution >= 0.6 is 0 Å². The molecule has 1 saturated heterocycles. The lowest BCUT2D eigenvalue weighted by atomic mass is 9.96. The molecular weight excluding hydrogens is 687 g/mol. The number of rotatable bonds is 26. The number of piperidine rings is 1. The quantitative estimate of drug-likeness (QED) is 0.0667. The number of benzene rings is 2. The third-order valence-corrected chi connectivity index (χ3v) is 10.7.